The Hall–Kier alpha value is -1.88. The number of fused-ring (bicyclic) bond motifs is 1. The predicted molar refractivity (Wildman–Crippen MR) is 80.3 cm³/mol. The molecule has 2 aromatic rings. The summed E-state index contributed by atoms with van der Waals surface area (Å²) in [4.78, 5) is 12.1. The average Bonchev–Trinajstić information content (AvgIpc) is 2.69. The number of benzene rings is 2. The second-order valence-electron chi connectivity index (χ2n) is 4.76. The molecule has 0 saturated carbocycles. The van der Waals surface area contributed by atoms with E-state index in [0.29, 0.717) is 5.69 Å². The number of nitrogens with one attached hydrogen (secondary N) is 2. The van der Waals surface area contributed by atoms with Crippen molar-refractivity contribution >= 4 is 33.2 Å². The molecule has 3 nitrogen and oxygen atoms in total. The normalized spacial score (nSPS) is 16.8. The molecule has 2 aromatic carbocycles. The molecule has 2 N–H and O–H groups in total. The Bertz CT molecular complexity index is 702. The van der Waals surface area contributed by atoms with Crippen molar-refractivity contribution in [3.63, 3.8) is 0 Å². The van der Waals surface area contributed by atoms with Gasteiger partial charge in [0.15, 0.2) is 0 Å². The molecule has 0 aromatic heterocycles. The molecule has 1 aliphatic rings. The van der Waals surface area contributed by atoms with Gasteiger partial charge in [-0.1, -0.05) is 28.1 Å². The van der Waals surface area contributed by atoms with Crippen molar-refractivity contribution in [3.8, 4) is 0 Å². The molecular formula is C15H12BrFN2O. The van der Waals surface area contributed by atoms with Gasteiger partial charge in [0.1, 0.15) is 11.9 Å². The summed E-state index contributed by atoms with van der Waals surface area (Å²) in [6.07, 6.45) is 0. The Kier molecular flexibility index (Phi) is 3.22. The Labute approximate surface area is 124 Å². The van der Waals surface area contributed by atoms with Gasteiger partial charge in [-0.3, -0.25) is 4.79 Å². The molecule has 3 rings (SSSR count). The van der Waals surface area contributed by atoms with Crippen LogP contribution in [0.25, 0.3) is 0 Å². The van der Waals surface area contributed by atoms with Crippen LogP contribution in [0, 0.1) is 12.7 Å². The van der Waals surface area contributed by atoms with Crippen LogP contribution in [-0.2, 0) is 4.79 Å². The van der Waals surface area contributed by atoms with E-state index in [9.17, 15) is 9.18 Å². The number of carbonyl (C=O) groups is 1. The Morgan fingerprint density at radius 1 is 1.25 bits per heavy atom. The quantitative estimate of drug-likeness (QED) is 0.871. The highest BCUT2D eigenvalue weighted by molar-refractivity contribution is 9.10. The van der Waals surface area contributed by atoms with Gasteiger partial charge >= 0.3 is 0 Å². The zero-order valence-electron chi connectivity index (χ0n) is 10.7. The summed E-state index contributed by atoms with van der Waals surface area (Å²) in [6.45, 7) is 1.87. The van der Waals surface area contributed by atoms with Gasteiger partial charge in [-0.25, -0.2) is 4.39 Å². The lowest BCUT2D eigenvalue weighted by molar-refractivity contribution is -0.116. The van der Waals surface area contributed by atoms with Gasteiger partial charge in [-0.2, -0.15) is 0 Å². The number of anilines is 2. The van der Waals surface area contributed by atoms with Gasteiger partial charge < -0.3 is 10.6 Å². The first kappa shape index (κ1) is 13.1. The lowest BCUT2D eigenvalue weighted by atomic mass is 10.1. The van der Waals surface area contributed by atoms with Gasteiger partial charge in [-0.05, 0) is 36.8 Å². The first-order valence-electron chi connectivity index (χ1n) is 6.17. The molecular weight excluding hydrogens is 323 g/mol. The van der Waals surface area contributed by atoms with Crippen molar-refractivity contribution in [2.75, 3.05) is 10.6 Å². The standard InChI is InChI=1S/C15H12BrFN2O/c1-8-2-4-10(17)7-12(8)18-14-11-5-3-9(16)6-13(11)19-15(14)20/h2-7,14,18H,1H3,(H,19,20). The number of aryl methyl sites for hydroxylation is 1. The lowest BCUT2D eigenvalue weighted by Crippen LogP contribution is -2.20. The molecule has 0 spiro atoms. The minimum atomic E-state index is -0.501. The molecule has 0 saturated heterocycles. The average molecular weight is 335 g/mol. The van der Waals surface area contributed by atoms with Crippen molar-refractivity contribution in [2.45, 2.75) is 13.0 Å². The highest BCUT2D eigenvalue weighted by Crippen LogP contribution is 2.35. The van der Waals surface area contributed by atoms with Crippen LogP contribution in [0.1, 0.15) is 17.2 Å². The van der Waals surface area contributed by atoms with E-state index in [0.717, 1.165) is 21.3 Å². The van der Waals surface area contributed by atoms with E-state index in [1.54, 1.807) is 6.07 Å². The third kappa shape index (κ3) is 2.29. The van der Waals surface area contributed by atoms with Crippen LogP contribution in [0.4, 0.5) is 15.8 Å². The third-order valence-electron chi connectivity index (χ3n) is 3.35. The Morgan fingerprint density at radius 3 is 2.85 bits per heavy atom. The van der Waals surface area contributed by atoms with Crippen LogP contribution in [0.5, 0.6) is 0 Å². The van der Waals surface area contributed by atoms with Gasteiger partial charge in [0, 0.05) is 21.4 Å². The Balaban J connectivity index is 1.96. The molecule has 20 heavy (non-hydrogen) atoms. The van der Waals surface area contributed by atoms with Gasteiger partial charge in [0.2, 0.25) is 0 Å². The van der Waals surface area contributed by atoms with E-state index < -0.39 is 6.04 Å². The molecule has 1 aliphatic heterocycles. The molecule has 0 aliphatic carbocycles. The van der Waals surface area contributed by atoms with E-state index in [1.807, 2.05) is 25.1 Å². The van der Waals surface area contributed by atoms with Crippen LogP contribution >= 0.6 is 15.9 Å². The second kappa shape index (κ2) is 4.90. The molecule has 1 unspecified atom stereocenters. The number of halogens is 2. The molecule has 5 heteroatoms. The van der Waals surface area contributed by atoms with Gasteiger partial charge in [0.25, 0.3) is 5.91 Å². The van der Waals surface area contributed by atoms with Crippen LogP contribution in [0.3, 0.4) is 0 Å². The first-order chi connectivity index (χ1) is 9.54. The number of rotatable bonds is 2. The van der Waals surface area contributed by atoms with Crippen LogP contribution in [-0.4, -0.2) is 5.91 Å². The van der Waals surface area contributed by atoms with Gasteiger partial charge in [0.05, 0.1) is 0 Å². The van der Waals surface area contributed by atoms with E-state index in [1.165, 1.54) is 12.1 Å². The summed E-state index contributed by atoms with van der Waals surface area (Å²) in [6, 6.07) is 9.61. The fourth-order valence-corrected chi connectivity index (χ4v) is 2.64. The van der Waals surface area contributed by atoms with Crippen molar-refractivity contribution in [1.82, 2.24) is 0 Å². The zero-order chi connectivity index (χ0) is 14.3. The molecule has 0 fully saturated rings. The van der Waals surface area contributed by atoms with Crippen molar-refractivity contribution < 1.29 is 9.18 Å². The minimum Gasteiger partial charge on any atom is -0.370 e. The second-order valence-corrected chi connectivity index (χ2v) is 5.67. The minimum absolute atomic E-state index is 0.137. The third-order valence-corrected chi connectivity index (χ3v) is 3.84. The summed E-state index contributed by atoms with van der Waals surface area (Å²) in [5.41, 5.74) is 3.16. The maximum atomic E-state index is 13.3. The van der Waals surface area contributed by atoms with E-state index in [-0.39, 0.29) is 11.7 Å². The van der Waals surface area contributed by atoms with E-state index in [4.69, 9.17) is 0 Å². The lowest BCUT2D eigenvalue weighted by Gasteiger charge is -2.15. The van der Waals surface area contributed by atoms with Crippen molar-refractivity contribution in [2.24, 2.45) is 0 Å². The fourth-order valence-electron chi connectivity index (χ4n) is 2.28. The number of amides is 1. The van der Waals surface area contributed by atoms with E-state index >= 15 is 0 Å². The topological polar surface area (TPSA) is 41.1 Å². The molecule has 0 radical (unpaired) electrons. The van der Waals surface area contributed by atoms with Gasteiger partial charge in [-0.15, -0.1) is 0 Å². The fraction of sp³-hybridized carbons (Fsp3) is 0.133. The number of carbonyl (C=O) groups excluding carboxylic acids is 1. The summed E-state index contributed by atoms with van der Waals surface area (Å²) in [7, 11) is 0. The largest absolute Gasteiger partial charge is 0.370 e. The summed E-state index contributed by atoms with van der Waals surface area (Å²) < 4.78 is 14.2. The summed E-state index contributed by atoms with van der Waals surface area (Å²) >= 11 is 3.37. The summed E-state index contributed by atoms with van der Waals surface area (Å²) in [5, 5.41) is 5.93. The number of hydrogen-bond acceptors (Lipinski definition) is 2. The van der Waals surface area contributed by atoms with Crippen molar-refractivity contribution in [1.29, 1.82) is 0 Å². The smallest absolute Gasteiger partial charge is 0.251 e. The maximum Gasteiger partial charge on any atom is 0.251 e. The predicted octanol–water partition coefficient (Wildman–Crippen LogP) is 4.00. The monoisotopic (exact) mass is 334 g/mol. The maximum absolute atomic E-state index is 13.3. The van der Waals surface area contributed by atoms with E-state index in [2.05, 4.69) is 26.6 Å². The SMILES string of the molecule is Cc1ccc(F)cc1NC1C(=O)Nc2cc(Br)ccc21. The highest BCUT2D eigenvalue weighted by Gasteiger charge is 2.30. The van der Waals surface area contributed by atoms with Crippen molar-refractivity contribution in [3.05, 3.63) is 57.8 Å². The van der Waals surface area contributed by atoms with Crippen LogP contribution in [0.2, 0.25) is 0 Å². The molecule has 0 bridgehead atoms. The molecule has 102 valence electrons. The highest BCUT2D eigenvalue weighted by atomic mass is 79.9. The molecule has 1 amide bonds. The summed E-state index contributed by atoms with van der Waals surface area (Å²) in [5.74, 6) is -0.464. The molecule has 1 heterocycles. The number of hydrogen-bond donors (Lipinski definition) is 2. The first-order valence-corrected chi connectivity index (χ1v) is 6.97. The van der Waals surface area contributed by atoms with Crippen LogP contribution in [0.15, 0.2) is 40.9 Å². The molecule has 1 atom stereocenters. The zero-order valence-corrected chi connectivity index (χ0v) is 12.3. The Morgan fingerprint density at radius 2 is 2.05 bits per heavy atom. The van der Waals surface area contributed by atoms with Crippen LogP contribution < -0.4 is 10.6 Å².